The van der Waals surface area contributed by atoms with Gasteiger partial charge in [0.2, 0.25) is 5.91 Å². The van der Waals surface area contributed by atoms with Crippen molar-refractivity contribution in [2.24, 2.45) is 5.92 Å². The Morgan fingerprint density at radius 1 is 1.44 bits per heavy atom. The molecule has 0 aromatic heterocycles. The molecule has 0 atom stereocenters. The van der Waals surface area contributed by atoms with Crippen molar-refractivity contribution in [3.05, 3.63) is 29.8 Å². The summed E-state index contributed by atoms with van der Waals surface area (Å²) in [6.07, 6.45) is 3.02. The molecule has 1 amide bonds. The van der Waals surface area contributed by atoms with Crippen molar-refractivity contribution >= 4 is 11.6 Å². The highest BCUT2D eigenvalue weighted by molar-refractivity contribution is 5.93. The van der Waals surface area contributed by atoms with E-state index in [4.69, 9.17) is 5.26 Å². The molecule has 0 bridgehead atoms. The molecule has 1 aliphatic carbocycles. The van der Waals surface area contributed by atoms with E-state index in [0.717, 1.165) is 5.69 Å². The minimum atomic E-state index is 0.159. The van der Waals surface area contributed by atoms with Crippen molar-refractivity contribution in [1.29, 1.82) is 5.26 Å². The summed E-state index contributed by atoms with van der Waals surface area (Å²) in [4.78, 5) is 13.5. The average Bonchev–Trinajstić information content (AvgIpc) is 3.12. The number of benzene rings is 1. The van der Waals surface area contributed by atoms with Crippen LogP contribution in [0.3, 0.4) is 0 Å². The first kappa shape index (κ1) is 10.7. The number of carbonyl (C=O) groups is 1. The van der Waals surface area contributed by atoms with Crippen LogP contribution < -0.4 is 4.90 Å². The van der Waals surface area contributed by atoms with E-state index < -0.39 is 0 Å². The van der Waals surface area contributed by atoms with Gasteiger partial charge in [-0.3, -0.25) is 4.79 Å². The number of nitrogens with zero attached hydrogens (tertiary/aromatic N) is 2. The smallest absolute Gasteiger partial charge is 0.226 e. The first-order valence-electron chi connectivity index (χ1n) is 5.47. The number of anilines is 1. The minimum absolute atomic E-state index is 0.159. The van der Waals surface area contributed by atoms with Gasteiger partial charge < -0.3 is 4.90 Å². The van der Waals surface area contributed by atoms with E-state index in [0.29, 0.717) is 17.9 Å². The van der Waals surface area contributed by atoms with Crippen molar-refractivity contribution in [3.63, 3.8) is 0 Å². The Balaban J connectivity index is 2.04. The van der Waals surface area contributed by atoms with Crippen LogP contribution in [0.15, 0.2) is 24.3 Å². The van der Waals surface area contributed by atoms with E-state index in [1.54, 1.807) is 24.1 Å². The number of rotatable bonds is 3. The molecule has 1 aliphatic rings. The first-order chi connectivity index (χ1) is 7.70. The van der Waals surface area contributed by atoms with Gasteiger partial charge in [0, 0.05) is 19.2 Å². The summed E-state index contributed by atoms with van der Waals surface area (Å²) in [5.41, 5.74) is 1.47. The number of hydrogen-bond acceptors (Lipinski definition) is 2. The fourth-order valence-electron chi connectivity index (χ4n) is 1.61. The van der Waals surface area contributed by atoms with Crippen LogP contribution in [0.2, 0.25) is 0 Å². The Kier molecular flexibility index (Phi) is 2.91. The van der Waals surface area contributed by atoms with Crippen LogP contribution in [0.5, 0.6) is 0 Å². The van der Waals surface area contributed by atoms with Crippen LogP contribution in [0.4, 0.5) is 5.69 Å². The molecule has 2 rings (SSSR count). The van der Waals surface area contributed by atoms with Gasteiger partial charge in [-0.15, -0.1) is 0 Å². The zero-order chi connectivity index (χ0) is 11.5. The molecule has 3 heteroatoms. The maximum atomic E-state index is 11.8. The minimum Gasteiger partial charge on any atom is -0.315 e. The fraction of sp³-hybridized carbons (Fsp3) is 0.385. The Labute approximate surface area is 95.3 Å². The summed E-state index contributed by atoms with van der Waals surface area (Å²) >= 11 is 0. The largest absolute Gasteiger partial charge is 0.315 e. The van der Waals surface area contributed by atoms with Crippen molar-refractivity contribution in [2.45, 2.75) is 19.3 Å². The van der Waals surface area contributed by atoms with Gasteiger partial charge in [0.1, 0.15) is 0 Å². The maximum absolute atomic E-state index is 11.8. The molecule has 0 heterocycles. The van der Waals surface area contributed by atoms with E-state index in [9.17, 15) is 4.79 Å². The van der Waals surface area contributed by atoms with Gasteiger partial charge in [-0.1, -0.05) is 0 Å². The second-order valence-electron chi connectivity index (χ2n) is 4.26. The summed E-state index contributed by atoms with van der Waals surface area (Å²) in [6.45, 7) is 0. The van der Waals surface area contributed by atoms with E-state index in [2.05, 4.69) is 6.07 Å². The number of carbonyl (C=O) groups excluding carboxylic acids is 1. The molecule has 3 nitrogen and oxygen atoms in total. The van der Waals surface area contributed by atoms with E-state index in [1.807, 2.05) is 12.1 Å². The van der Waals surface area contributed by atoms with Gasteiger partial charge in [-0.25, -0.2) is 0 Å². The monoisotopic (exact) mass is 214 g/mol. The third kappa shape index (κ3) is 2.40. The number of nitriles is 1. The quantitative estimate of drug-likeness (QED) is 0.775. The summed E-state index contributed by atoms with van der Waals surface area (Å²) in [6, 6.07) is 9.14. The van der Waals surface area contributed by atoms with Crippen LogP contribution in [0.25, 0.3) is 0 Å². The molecule has 0 unspecified atom stereocenters. The molecule has 0 saturated heterocycles. The lowest BCUT2D eigenvalue weighted by Gasteiger charge is -2.17. The van der Waals surface area contributed by atoms with Crippen molar-refractivity contribution < 1.29 is 4.79 Å². The zero-order valence-electron chi connectivity index (χ0n) is 9.31. The second-order valence-corrected chi connectivity index (χ2v) is 4.26. The molecule has 0 spiro atoms. The number of hydrogen-bond donors (Lipinski definition) is 0. The fourth-order valence-corrected chi connectivity index (χ4v) is 1.61. The zero-order valence-corrected chi connectivity index (χ0v) is 9.31. The molecule has 82 valence electrons. The standard InChI is InChI=1S/C13H14N2O/c1-15(13(16)8-10-2-3-10)12-6-4-11(9-14)5-7-12/h4-7,10H,2-3,8H2,1H3. The first-order valence-corrected chi connectivity index (χ1v) is 5.47. The topological polar surface area (TPSA) is 44.1 Å². The van der Waals surface area contributed by atoms with Gasteiger partial charge in [-0.2, -0.15) is 5.26 Å². The average molecular weight is 214 g/mol. The molecule has 0 N–H and O–H groups in total. The van der Waals surface area contributed by atoms with Crippen LogP contribution in [-0.2, 0) is 4.79 Å². The summed E-state index contributed by atoms with van der Waals surface area (Å²) < 4.78 is 0. The lowest BCUT2D eigenvalue weighted by atomic mass is 10.2. The predicted octanol–water partition coefficient (Wildman–Crippen LogP) is 2.32. The van der Waals surface area contributed by atoms with Gasteiger partial charge in [0.05, 0.1) is 11.6 Å². The normalized spacial score (nSPS) is 14.2. The Bertz CT molecular complexity index is 426. The van der Waals surface area contributed by atoms with Gasteiger partial charge in [0.15, 0.2) is 0 Å². The van der Waals surface area contributed by atoms with Crippen LogP contribution in [-0.4, -0.2) is 13.0 Å². The van der Waals surface area contributed by atoms with Gasteiger partial charge in [-0.05, 0) is 43.0 Å². The van der Waals surface area contributed by atoms with E-state index in [-0.39, 0.29) is 5.91 Å². The van der Waals surface area contributed by atoms with E-state index >= 15 is 0 Å². The highest BCUT2D eigenvalue weighted by atomic mass is 16.2. The molecule has 0 aliphatic heterocycles. The molecular weight excluding hydrogens is 200 g/mol. The van der Waals surface area contributed by atoms with Crippen LogP contribution in [0, 0.1) is 17.2 Å². The Morgan fingerprint density at radius 3 is 2.56 bits per heavy atom. The summed E-state index contributed by atoms with van der Waals surface area (Å²) in [7, 11) is 1.78. The highest BCUT2D eigenvalue weighted by Crippen LogP contribution is 2.33. The molecule has 0 radical (unpaired) electrons. The molecular formula is C13H14N2O. The lowest BCUT2D eigenvalue weighted by molar-refractivity contribution is -0.118. The lowest BCUT2D eigenvalue weighted by Crippen LogP contribution is -2.26. The molecule has 16 heavy (non-hydrogen) atoms. The molecule has 1 aromatic carbocycles. The van der Waals surface area contributed by atoms with Crippen molar-refractivity contribution in [3.8, 4) is 6.07 Å². The third-order valence-electron chi connectivity index (χ3n) is 2.92. The summed E-state index contributed by atoms with van der Waals surface area (Å²) in [5.74, 6) is 0.764. The van der Waals surface area contributed by atoms with E-state index in [1.165, 1.54) is 12.8 Å². The van der Waals surface area contributed by atoms with Crippen molar-refractivity contribution in [1.82, 2.24) is 0 Å². The number of amides is 1. The second kappa shape index (κ2) is 4.36. The van der Waals surface area contributed by atoms with Gasteiger partial charge >= 0.3 is 0 Å². The molecule has 1 saturated carbocycles. The Hall–Kier alpha value is -1.82. The van der Waals surface area contributed by atoms with Gasteiger partial charge in [0.25, 0.3) is 0 Å². The SMILES string of the molecule is CN(C(=O)CC1CC1)c1ccc(C#N)cc1. The summed E-state index contributed by atoms with van der Waals surface area (Å²) in [5, 5.41) is 8.67. The third-order valence-corrected chi connectivity index (χ3v) is 2.92. The predicted molar refractivity (Wildman–Crippen MR) is 61.9 cm³/mol. The van der Waals surface area contributed by atoms with Crippen LogP contribution in [0.1, 0.15) is 24.8 Å². The highest BCUT2D eigenvalue weighted by Gasteiger charge is 2.26. The molecule has 1 fully saturated rings. The molecule has 1 aromatic rings. The maximum Gasteiger partial charge on any atom is 0.226 e. The van der Waals surface area contributed by atoms with Crippen LogP contribution >= 0.6 is 0 Å². The Morgan fingerprint density at radius 2 is 2.06 bits per heavy atom. The van der Waals surface area contributed by atoms with Crippen molar-refractivity contribution in [2.75, 3.05) is 11.9 Å².